The van der Waals surface area contributed by atoms with Crippen molar-refractivity contribution >= 4 is 22.7 Å². The standard InChI is InChI=1S/C14H10S2/c1-4-11(13-6-2-8-15-13)10-12(5-1)14-7-3-9-16-14/h1-10H. The summed E-state index contributed by atoms with van der Waals surface area (Å²) in [5.74, 6) is 0. The maximum Gasteiger partial charge on any atom is 0.0342 e. The number of hydrogen-bond donors (Lipinski definition) is 0. The molecule has 0 unspecified atom stereocenters. The Morgan fingerprint density at radius 1 is 0.625 bits per heavy atom. The van der Waals surface area contributed by atoms with Gasteiger partial charge in [0, 0.05) is 9.75 Å². The second-order valence-electron chi connectivity index (χ2n) is 3.54. The third kappa shape index (κ3) is 1.82. The fraction of sp³-hybridized carbons (Fsp3) is 0. The Hall–Kier alpha value is -1.38. The van der Waals surface area contributed by atoms with Gasteiger partial charge in [0.25, 0.3) is 0 Å². The molecule has 16 heavy (non-hydrogen) atoms. The van der Waals surface area contributed by atoms with E-state index in [2.05, 4.69) is 59.3 Å². The minimum Gasteiger partial charge on any atom is -0.144 e. The van der Waals surface area contributed by atoms with Gasteiger partial charge in [-0.1, -0.05) is 30.3 Å². The third-order valence-corrected chi connectivity index (χ3v) is 4.31. The summed E-state index contributed by atoms with van der Waals surface area (Å²) in [6.45, 7) is 0. The second-order valence-corrected chi connectivity index (χ2v) is 5.43. The van der Waals surface area contributed by atoms with Crippen LogP contribution in [0.15, 0.2) is 59.3 Å². The molecule has 0 aliphatic carbocycles. The van der Waals surface area contributed by atoms with Crippen LogP contribution in [0, 0.1) is 0 Å². The molecule has 0 radical (unpaired) electrons. The molecule has 0 N–H and O–H groups in total. The maximum atomic E-state index is 2.26. The van der Waals surface area contributed by atoms with Crippen molar-refractivity contribution in [2.75, 3.05) is 0 Å². The van der Waals surface area contributed by atoms with E-state index >= 15 is 0 Å². The van der Waals surface area contributed by atoms with Gasteiger partial charge in [-0.25, -0.2) is 0 Å². The molecule has 0 saturated carbocycles. The average molecular weight is 242 g/mol. The summed E-state index contributed by atoms with van der Waals surface area (Å²) in [6.07, 6.45) is 0. The molecule has 3 rings (SSSR count). The van der Waals surface area contributed by atoms with Crippen LogP contribution in [0.1, 0.15) is 0 Å². The first-order valence-corrected chi connectivity index (χ1v) is 6.87. The Kier molecular flexibility index (Phi) is 2.60. The zero-order valence-electron chi connectivity index (χ0n) is 8.59. The van der Waals surface area contributed by atoms with Crippen molar-refractivity contribution in [3.05, 3.63) is 59.3 Å². The van der Waals surface area contributed by atoms with Gasteiger partial charge in [0.15, 0.2) is 0 Å². The molecule has 0 spiro atoms. The smallest absolute Gasteiger partial charge is 0.0342 e. The van der Waals surface area contributed by atoms with E-state index in [9.17, 15) is 0 Å². The monoisotopic (exact) mass is 242 g/mol. The molecule has 2 heterocycles. The molecule has 0 atom stereocenters. The Morgan fingerprint density at radius 2 is 1.19 bits per heavy atom. The molecule has 0 amide bonds. The van der Waals surface area contributed by atoms with Crippen LogP contribution < -0.4 is 0 Å². The molecular weight excluding hydrogens is 232 g/mol. The first-order valence-electron chi connectivity index (χ1n) is 5.11. The summed E-state index contributed by atoms with van der Waals surface area (Å²) in [5, 5.41) is 4.24. The average Bonchev–Trinajstić information content (AvgIpc) is 3.03. The summed E-state index contributed by atoms with van der Waals surface area (Å²) in [5.41, 5.74) is 2.61. The second kappa shape index (κ2) is 4.24. The highest BCUT2D eigenvalue weighted by Gasteiger charge is 2.02. The van der Waals surface area contributed by atoms with E-state index in [1.54, 1.807) is 22.7 Å². The van der Waals surface area contributed by atoms with Crippen LogP contribution in [-0.4, -0.2) is 0 Å². The largest absolute Gasteiger partial charge is 0.144 e. The number of hydrogen-bond acceptors (Lipinski definition) is 2. The summed E-state index contributed by atoms with van der Waals surface area (Å²) in [6, 6.07) is 17.2. The SMILES string of the molecule is c1cc(-c2cccs2)cc(-c2cccs2)c1. The lowest BCUT2D eigenvalue weighted by Crippen LogP contribution is -1.75. The van der Waals surface area contributed by atoms with Crippen LogP contribution in [-0.2, 0) is 0 Å². The van der Waals surface area contributed by atoms with E-state index in [4.69, 9.17) is 0 Å². The van der Waals surface area contributed by atoms with Gasteiger partial charge < -0.3 is 0 Å². The summed E-state index contributed by atoms with van der Waals surface area (Å²) in [7, 11) is 0. The maximum absolute atomic E-state index is 2.26. The first-order chi connectivity index (χ1) is 7.93. The van der Waals surface area contributed by atoms with Crippen molar-refractivity contribution in [1.82, 2.24) is 0 Å². The van der Waals surface area contributed by atoms with Crippen molar-refractivity contribution in [3.8, 4) is 20.9 Å². The molecule has 0 fully saturated rings. The molecule has 78 valence electrons. The summed E-state index contributed by atoms with van der Waals surface area (Å²) < 4.78 is 0. The Balaban J connectivity index is 2.07. The predicted molar refractivity (Wildman–Crippen MR) is 73.1 cm³/mol. The van der Waals surface area contributed by atoms with Crippen LogP contribution in [0.25, 0.3) is 20.9 Å². The fourth-order valence-corrected chi connectivity index (χ4v) is 3.16. The predicted octanol–water partition coefficient (Wildman–Crippen LogP) is 5.14. The van der Waals surface area contributed by atoms with E-state index in [1.165, 1.54) is 20.9 Å². The number of rotatable bonds is 2. The molecule has 0 aliphatic heterocycles. The fourth-order valence-electron chi connectivity index (χ4n) is 1.71. The Bertz CT molecular complexity index is 513. The summed E-state index contributed by atoms with van der Waals surface area (Å²) in [4.78, 5) is 2.66. The lowest BCUT2D eigenvalue weighted by Gasteiger charge is -2.01. The highest BCUT2D eigenvalue weighted by atomic mass is 32.1. The van der Waals surface area contributed by atoms with Crippen LogP contribution in [0.2, 0.25) is 0 Å². The van der Waals surface area contributed by atoms with Crippen LogP contribution in [0.5, 0.6) is 0 Å². The van der Waals surface area contributed by atoms with Gasteiger partial charge in [-0.15, -0.1) is 22.7 Å². The van der Waals surface area contributed by atoms with Crippen LogP contribution in [0.4, 0.5) is 0 Å². The molecule has 1 aromatic carbocycles. The van der Waals surface area contributed by atoms with Crippen LogP contribution >= 0.6 is 22.7 Å². The van der Waals surface area contributed by atoms with Gasteiger partial charge >= 0.3 is 0 Å². The van der Waals surface area contributed by atoms with Gasteiger partial charge in [-0.3, -0.25) is 0 Å². The van der Waals surface area contributed by atoms with Gasteiger partial charge in [0.2, 0.25) is 0 Å². The molecule has 2 heteroatoms. The van der Waals surface area contributed by atoms with Crippen LogP contribution in [0.3, 0.4) is 0 Å². The lowest BCUT2D eigenvalue weighted by molar-refractivity contribution is 1.69. The molecule has 0 bridgehead atoms. The van der Waals surface area contributed by atoms with E-state index < -0.39 is 0 Å². The molecule has 0 saturated heterocycles. The molecule has 2 aromatic heterocycles. The lowest BCUT2D eigenvalue weighted by atomic mass is 10.1. The normalized spacial score (nSPS) is 10.5. The zero-order chi connectivity index (χ0) is 10.8. The molecular formula is C14H10S2. The Morgan fingerprint density at radius 3 is 1.62 bits per heavy atom. The van der Waals surface area contributed by atoms with E-state index in [0.717, 1.165) is 0 Å². The van der Waals surface area contributed by atoms with Crippen molar-refractivity contribution in [3.63, 3.8) is 0 Å². The third-order valence-electron chi connectivity index (χ3n) is 2.47. The van der Waals surface area contributed by atoms with Crippen molar-refractivity contribution in [2.45, 2.75) is 0 Å². The molecule has 0 nitrogen and oxygen atoms in total. The van der Waals surface area contributed by atoms with Crippen molar-refractivity contribution in [2.24, 2.45) is 0 Å². The van der Waals surface area contributed by atoms with Crippen molar-refractivity contribution in [1.29, 1.82) is 0 Å². The number of thiophene rings is 2. The van der Waals surface area contributed by atoms with E-state index in [-0.39, 0.29) is 0 Å². The summed E-state index contributed by atoms with van der Waals surface area (Å²) >= 11 is 3.57. The van der Waals surface area contributed by atoms with Gasteiger partial charge in [-0.2, -0.15) is 0 Å². The highest BCUT2D eigenvalue weighted by molar-refractivity contribution is 7.14. The highest BCUT2D eigenvalue weighted by Crippen LogP contribution is 2.30. The first kappa shape index (κ1) is 9.82. The van der Waals surface area contributed by atoms with Crippen molar-refractivity contribution < 1.29 is 0 Å². The molecule has 3 aromatic rings. The minimum atomic E-state index is 1.31. The topological polar surface area (TPSA) is 0 Å². The van der Waals surface area contributed by atoms with E-state index in [1.807, 2.05) is 0 Å². The Labute approximate surface area is 103 Å². The van der Waals surface area contributed by atoms with Gasteiger partial charge in [0.05, 0.1) is 0 Å². The number of benzene rings is 1. The quantitative estimate of drug-likeness (QED) is 0.583. The zero-order valence-corrected chi connectivity index (χ0v) is 10.2. The minimum absolute atomic E-state index is 1.31. The van der Waals surface area contributed by atoms with Gasteiger partial charge in [-0.05, 0) is 40.1 Å². The van der Waals surface area contributed by atoms with E-state index in [0.29, 0.717) is 0 Å². The molecule has 0 aliphatic rings. The van der Waals surface area contributed by atoms with Gasteiger partial charge in [0.1, 0.15) is 0 Å².